The van der Waals surface area contributed by atoms with Crippen LogP contribution in [0.1, 0.15) is 43.4 Å². The molecule has 5 heteroatoms. The van der Waals surface area contributed by atoms with Gasteiger partial charge in [-0.1, -0.05) is 31.0 Å². The van der Waals surface area contributed by atoms with Gasteiger partial charge in [0.1, 0.15) is 0 Å². The van der Waals surface area contributed by atoms with Crippen LogP contribution in [0.3, 0.4) is 0 Å². The molecular formula is C14H20Cl2N2O. The van der Waals surface area contributed by atoms with E-state index in [0.29, 0.717) is 0 Å². The van der Waals surface area contributed by atoms with Crippen molar-refractivity contribution in [1.29, 1.82) is 0 Å². The number of rotatable bonds is 4. The predicted molar refractivity (Wildman–Crippen MR) is 80.8 cm³/mol. The maximum absolute atomic E-state index is 11.9. The maximum Gasteiger partial charge on any atom is 0.237 e. The quantitative estimate of drug-likeness (QED) is 0.898. The molecule has 0 fully saturated rings. The van der Waals surface area contributed by atoms with Crippen molar-refractivity contribution in [2.75, 3.05) is 0 Å². The average molecular weight is 303 g/mol. The summed E-state index contributed by atoms with van der Waals surface area (Å²) >= 11 is 5.96. The van der Waals surface area contributed by atoms with Crippen molar-refractivity contribution >= 4 is 29.9 Å². The Morgan fingerprint density at radius 3 is 3.00 bits per heavy atom. The molecular weight excluding hydrogens is 283 g/mol. The zero-order valence-corrected chi connectivity index (χ0v) is 12.6. The van der Waals surface area contributed by atoms with Gasteiger partial charge < -0.3 is 11.1 Å². The highest BCUT2D eigenvalue weighted by Crippen LogP contribution is 2.32. The van der Waals surface area contributed by atoms with Crippen molar-refractivity contribution in [3.63, 3.8) is 0 Å². The first kappa shape index (κ1) is 16.3. The van der Waals surface area contributed by atoms with E-state index < -0.39 is 6.04 Å². The summed E-state index contributed by atoms with van der Waals surface area (Å²) in [5.74, 6) is -0.0512. The third-order valence-corrected chi connectivity index (χ3v) is 3.67. The number of carbonyl (C=O) groups is 1. The van der Waals surface area contributed by atoms with E-state index in [1.807, 2.05) is 25.1 Å². The zero-order valence-electron chi connectivity index (χ0n) is 11.0. The lowest BCUT2D eigenvalue weighted by molar-refractivity contribution is -0.123. The molecule has 0 spiro atoms. The van der Waals surface area contributed by atoms with E-state index in [0.717, 1.165) is 30.7 Å². The highest BCUT2D eigenvalue weighted by atomic mass is 35.5. The Morgan fingerprint density at radius 2 is 2.32 bits per heavy atom. The molecule has 1 aromatic carbocycles. The predicted octanol–water partition coefficient (Wildman–Crippen LogP) is 2.99. The molecule has 1 amide bonds. The van der Waals surface area contributed by atoms with Crippen molar-refractivity contribution in [1.82, 2.24) is 5.32 Å². The number of nitrogens with one attached hydrogen (secondary N) is 1. The van der Waals surface area contributed by atoms with Crippen LogP contribution in [-0.4, -0.2) is 11.9 Å². The summed E-state index contributed by atoms with van der Waals surface area (Å²) < 4.78 is 0. The van der Waals surface area contributed by atoms with Crippen LogP contribution in [0.25, 0.3) is 0 Å². The molecule has 1 aliphatic carbocycles. The lowest BCUT2D eigenvalue weighted by atomic mass is 10.1. The molecule has 0 saturated carbocycles. The molecule has 0 heterocycles. The molecule has 0 saturated heterocycles. The van der Waals surface area contributed by atoms with Crippen LogP contribution in [0.15, 0.2) is 18.2 Å². The highest BCUT2D eigenvalue weighted by molar-refractivity contribution is 6.30. The second-order valence-corrected chi connectivity index (χ2v) is 5.27. The van der Waals surface area contributed by atoms with Gasteiger partial charge in [-0.25, -0.2) is 0 Å². The lowest BCUT2D eigenvalue weighted by Crippen LogP contribution is -2.41. The van der Waals surface area contributed by atoms with E-state index in [2.05, 4.69) is 5.32 Å². The van der Waals surface area contributed by atoms with Gasteiger partial charge in [-0.15, -0.1) is 12.4 Å². The van der Waals surface area contributed by atoms with E-state index in [9.17, 15) is 4.79 Å². The monoisotopic (exact) mass is 302 g/mol. The van der Waals surface area contributed by atoms with E-state index in [-0.39, 0.29) is 24.4 Å². The standard InChI is InChI=1S/C14H19ClN2O.ClH/c1-2-3-12(16)14(18)17-13-7-4-9-8-10(15)5-6-11(9)13;/h5-6,8,12-13H,2-4,7,16H2,1H3,(H,17,18);1H. The maximum atomic E-state index is 11.9. The third kappa shape index (κ3) is 3.85. The van der Waals surface area contributed by atoms with Crippen LogP contribution >= 0.6 is 24.0 Å². The van der Waals surface area contributed by atoms with Crippen molar-refractivity contribution in [3.05, 3.63) is 34.3 Å². The first-order chi connectivity index (χ1) is 8.61. The first-order valence-corrected chi connectivity index (χ1v) is 6.84. The van der Waals surface area contributed by atoms with Gasteiger partial charge in [0, 0.05) is 5.02 Å². The number of halogens is 2. The fraction of sp³-hybridized carbons (Fsp3) is 0.500. The molecule has 19 heavy (non-hydrogen) atoms. The number of hydrogen-bond acceptors (Lipinski definition) is 2. The number of fused-ring (bicyclic) bond motifs is 1. The smallest absolute Gasteiger partial charge is 0.237 e. The summed E-state index contributed by atoms with van der Waals surface area (Å²) in [7, 11) is 0. The van der Waals surface area contributed by atoms with Gasteiger partial charge in [-0.3, -0.25) is 4.79 Å². The van der Waals surface area contributed by atoms with E-state index in [1.54, 1.807) is 0 Å². The molecule has 0 radical (unpaired) electrons. The molecule has 0 aromatic heterocycles. The van der Waals surface area contributed by atoms with Gasteiger partial charge >= 0.3 is 0 Å². The number of amides is 1. The van der Waals surface area contributed by atoms with Gasteiger partial charge in [0.15, 0.2) is 0 Å². The van der Waals surface area contributed by atoms with Gasteiger partial charge in [0.2, 0.25) is 5.91 Å². The summed E-state index contributed by atoms with van der Waals surface area (Å²) in [5.41, 5.74) is 8.23. The lowest BCUT2D eigenvalue weighted by Gasteiger charge is -2.17. The summed E-state index contributed by atoms with van der Waals surface area (Å²) in [4.78, 5) is 11.9. The molecule has 3 N–H and O–H groups in total. The average Bonchev–Trinajstić information content (AvgIpc) is 2.72. The Kier molecular flexibility index (Phi) is 6.11. The summed E-state index contributed by atoms with van der Waals surface area (Å²) in [6.07, 6.45) is 3.54. The second kappa shape index (κ2) is 7.13. The molecule has 0 bridgehead atoms. The Labute approximate surface area is 125 Å². The highest BCUT2D eigenvalue weighted by Gasteiger charge is 2.25. The van der Waals surface area contributed by atoms with Gasteiger partial charge in [0.25, 0.3) is 0 Å². The largest absolute Gasteiger partial charge is 0.348 e. The third-order valence-electron chi connectivity index (χ3n) is 3.44. The molecule has 1 aliphatic rings. The molecule has 2 unspecified atom stereocenters. The van der Waals surface area contributed by atoms with Crippen LogP contribution in [0.5, 0.6) is 0 Å². The fourth-order valence-corrected chi connectivity index (χ4v) is 2.65. The number of hydrogen-bond donors (Lipinski definition) is 2. The van der Waals surface area contributed by atoms with E-state index in [1.165, 1.54) is 11.1 Å². The number of benzene rings is 1. The van der Waals surface area contributed by atoms with Crippen LogP contribution in [0.2, 0.25) is 5.02 Å². The topological polar surface area (TPSA) is 55.1 Å². The number of carbonyl (C=O) groups excluding carboxylic acids is 1. The summed E-state index contributed by atoms with van der Waals surface area (Å²) in [6, 6.07) is 5.55. The van der Waals surface area contributed by atoms with Crippen LogP contribution in [-0.2, 0) is 11.2 Å². The van der Waals surface area contributed by atoms with E-state index >= 15 is 0 Å². The van der Waals surface area contributed by atoms with Crippen LogP contribution < -0.4 is 11.1 Å². The molecule has 1 aromatic rings. The Balaban J connectivity index is 0.00000180. The SMILES string of the molecule is CCCC(N)C(=O)NC1CCc2cc(Cl)ccc21.Cl. The second-order valence-electron chi connectivity index (χ2n) is 4.84. The van der Waals surface area contributed by atoms with Crippen molar-refractivity contribution < 1.29 is 4.79 Å². The van der Waals surface area contributed by atoms with Gasteiger partial charge in [-0.05, 0) is 42.5 Å². The van der Waals surface area contributed by atoms with Crippen molar-refractivity contribution in [2.24, 2.45) is 5.73 Å². The minimum atomic E-state index is -0.397. The van der Waals surface area contributed by atoms with Crippen molar-refractivity contribution in [2.45, 2.75) is 44.7 Å². The molecule has 0 aliphatic heterocycles. The molecule has 106 valence electrons. The Morgan fingerprint density at radius 1 is 1.58 bits per heavy atom. The van der Waals surface area contributed by atoms with E-state index in [4.69, 9.17) is 17.3 Å². The summed E-state index contributed by atoms with van der Waals surface area (Å²) in [6.45, 7) is 2.03. The normalized spacial score (nSPS) is 18.4. The number of nitrogens with two attached hydrogens (primary N) is 1. The number of aryl methyl sites for hydroxylation is 1. The minimum absolute atomic E-state index is 0. The zero-order chi connectivity index (χ0) is 13.1. The molecule has 3 nitrogen and oxygen atoms in total. The molecule has 2 rings (SSSR count). The first-order valence-electron chi connectivity index (χ1n) is 6.46. The minimum Gasteiger partial charge on any atom is -0.348 e. The fourth-order valence-electron chi connectivity index (χ4n) is 2.46. The van der Waals surface area contributed by atoms with Gasteiger partial charge in [-0.2, -0.15) is 0 Å². The summed E-state index contributed by atoms with van der Waals surface area (Å²) in [5, 5.41) is 3.79. The van der Waals surface area contributed by atoms with Crippen LogP contribution in [0.4, 0.5) is 0 Å². The Hall–Kier alpha value is -0.770. The van der Waals surface area contributed by atoms with Gasteiger partial charge in [0.05, 0.1) is 12.1 Å². The van der Waals surface area contributed by atoms with Crippen molar-refractivity contribution in [3.8, 4) is 0 Å². The Bertz CT molecular complexity index is 451. The van der Waals surface area contributed by atoms with Crippen LogP contribution in [0, 0.1) is 0 Å². The molecule has 2 atom stereocenters.